The molecule has 0 saturated carbocycles. The minimum atomic E-state index is -1.19. The first kappa shape index (κ1) is 11.5. The fourth-order valence-corrected chi connectivity index (χ4v) is 1.86. The van der Waals surface area contributed by atoms with Crippen LogP contribution in [0.25, 0.3) is 0 Å². The summed E-state index contributed by atoms with van der Waals surface area (Å²) in [6, 6.07) is 4.29. The average Bonchev–Trinajstić information content (AvgIpc) is 2.58. The molecule has 1 aromatic rings. The molecule has 86 valence electrons. The van der Waals surface area contributed by atoms with E-state index in [-0.39, 0.29) is 11.3 Å². The van der Waals surface area contributed by atoms with Crippen molar-refractivity contribution in [1.82, 2.24) is 0 Å². The Morgan fingerprint density at radius 2 is 1.76 bits per heavy atom. The monoisotopic (exact) mass is 295 g/mol. The Morgan fingerprint density at radius 1 is 1.18 bits per heavy atom. The highest BCUT2D eigenvalue weighted by Crippen LogP contribution is 2.27. The topological polar surface area (TPSA) is 74.7 Å². The maximum absolute atomic E-state index is 11.5. The van der Waals surface area contributed by atoms with E-state index in [1.165, 1.54) is 18.2 Å². The number of carboxylic acids is 1. The van der Waals surface area contributed by atoms with Crippen molar-refractivity contribution >= 4 is 39.4 Å². The molecule has 2 rings (SSSR count). The van der Waals surface area contributed by atoms with Crippen LogP contribution in [0.4, 0.5) is 5.69 Å². The van der Waals surface area contributed by atoms with Crippen LogP contribution in [0.5, 0.6) is 0 Å². The Balaban J connectivity index is 2.58. The number of nitrogens with zero attached hydrogens (tertiary/aromatic N) is 1. The third kappa shape index (κ3) is 1.99. The molecule has 1 heterocycles. The Morgan fingerprint density at radius 3 is 2.29 bits per heavy atom. The number of imide groups is 1. The van der Waals surface area contributed by atoms with Gasteiger partial charge in [0.15, 0.2) is 0 Å². The van der Waals surface area contributed by atoms with Crippen molar-refractivity contribution in [1.29, 1.82) is 0 Å². The Kier molecular flexibility index (Phi) is 2.81. The van der Waals surface area contributed by atoms with Crippen LogP contribution in [-0.2, 0) is 9.59 Å². The van der Waals surface area contributed by atoms with Gasteiger partial charge in [0.2, 0.25) is 0 Å². The minimum absolute atomic E-state index is 0.0619. The van der Waals surface area contributed by atoms with Gasteiger partial charge in [-0.15, -0.1) is 0 Å². The lowest BCUT2D eigenvalue weighted by Crippen LogP contribution is -2.31. The van der Waals surface area contributed by atoms with E-state index in [1.807, 2.05) is 0 Å². The highest BCUT2D eigenvalue weighted by molar-refractivity contribution is 9.10. The van der Waals surface area contributed by atoms with E-state index in [1.54, 1.807) is 0 Å². The minimum Gasteiger partial charge on any atom is -0.478 e. The number of benzene rings is 1. The molecule has 0 saturated heterocycles. The molecule has 17 heavy (non-hydrogen) atoms. The molecular weight excluding hydrogens is 290 g/mol. The fourth-order valence-electron chi connectivity index (χ4n) is 1.51. The molecule has 0 aromatic heterocycles. The first-order valence-corrected chi connectivity index (χ1v) is 5.39. The number of carbonyl (C=O) groups is 3. The van der Waals surface area contributed by atoms with Crippen LogP contribution < -0.4 is 4.90 Å². The molecule has 5 nitrogen and oxygen atoms in total. The average molecular weight is 296 g/mol. The molecule has 0 radical (unpaired) electrons. The van der Waals surface area contributed by atoms with Gasteiger partial charge in [-0.25, -0.2) is 9.69 Å². The van der Waals surface area contributed by atoms with Gasteiger partial charge in [-0.2, -0.15) is 0 Å². The number of halogens is 1. The number of carboxylic acid groups (broad SMARTS) is 1. The Bertz CT molecular complexity index is 547. The molecule has 0 fully saturated rings. The first-order chi connectivity index (χ1) is 8.00. The third-order valence-electron chi connectivity index (χ3n) is 2.24. The second kappa shape index (κ2) is 4.14. The molecular formula is C11H6BrNO4. The lowest BCUT2D eigenvalue weighted by molar-refractivity contribution is -0.119. The van der Waals surface area contributed by atoms with E-state index in [0.29, 0.717) is 4.47 Å². The molecule has 1 N–H and O–H groups in total. The van der Waals surface area contributed by atoms with Crippen molar-refractivity contribution < 1.29 is 19.5 Å². The summed E-state index contributed by atoms with van der Waals surface area (Å²) in [6.45, 7) is 0. The summed E-state index contributed by atoms with van der Waals surface area (Å²) in [7, 11) is 0. The van der Waals surface area contributed by atoms with E-state index < -0.39 is 17.8 Å². The van der Waals surface area contributed by atoms with Crippen molar-refractivity contribution in [2.24, 2.45) is 0 Å². The van der Waals surface area contributed by atoms with E-state index in [4.69, 9.17) is 5.11 Å². The van der Waals surface area contributed by atoms with Crippen LogP contribution >= 0.6 is 15.9 Å². The predicted molar refractivity (Wildman–Crippen MR) is 62.7 cm³/mol. The number of anilines is 1. The van der Waals surface area contributed by atoms with Gasteiger partial charge in [0.1, 0.15) is 0 Å². The summed E-state index contributed by atoms with van der Waals surface area (Å²) in [5.41, 5.74) is -0.0366. The van der Waals surface area contributed by atoms with Crippen molar-refractivity contribution in [3.05, 3.63) is 40.4 Å². The predicted octanol–water partition coefficient (Wildman–Crippen LogP) is 1.58. The zero-order valence-corrected chi connectivity index (χ0v) is 9.97. The fraction of sp³-hybridized carbons (Fsp3) is 0. The number of amides is 2. The van der Waals surface area contributed by atoms with Crippen molar-refractivity contribution in [2.45, 2.75) is 0 Å². The number of carbonyl (C=O) groups excluding carboxylic acids is 2. The van der Waals surface area contributed by atoms with E-state index in [2.05, 4.69) is 15.9 Å². The SMILES string of the molecule is O=C(O)c1ccc(Br)cc1N1C(=O)C=CC1=O. The maximum atomic E-state index is 11.5. The molecule has 0 aliphatic carbocycles. The Hall–Kier alpha value is -1.95. The number of hydrogen-bond acceptors (Lipinski definition) is 3. The molecule has 1 aliphatic heterocycles. The van der Waals surface area contributed by atoms with Crippen molar-refractivity contribution in [3.63, 3.8) is 0 Å². The summed E-state index contributed by atoms with van der Waals surface area (Å²) in [5.74, 6) is -2.29. The van der Waals surface area contributed by atoms with Gasteiger partial charge in [-0.1, -0.05) is 15.9 Å². The molecule has 0 unspecified atom stereocenters. The molecule has 1 aromatic carbocycles. The van der Waals surface area contributed by atoms with Gasteiger partial charge in [0.05, 0.1) is 11.3 Å². The standard InChI is InChI=1S/C11H6BrNO4/c12-6-1-2-7(11(16)17)8(5-6)13-9(14)3-4-10(13)15/h1-5H,(H,16,17). The zero-order chi connectivity index (χ0) is 12.6. The molecule has 1 aliphatic rings. The van der Waals surface area contributed by atoms with E-state index >= 15 is 0 Å². The molecule has 2 amide bonds. The van der Waals surface area contributed by atoms with Crippen molar-refractivity contribution in [3.8, 4) is 0 Å². The van der Waals surface area contributed by atoms with Gasteiger partial charge in [0, 0.05) is 16.6 Å². The largest absolute Gasteiger partial charge is 0.478 e. The van der Waals surface area contributed by atoms with E-state index in [0.717, 1.165) is 17.1 Å². The van der Waals surface area contributed by atoms with Crippen LogP contribution in [0.15, 0.2) is 34.8 Å². The van der Waals surface area contributed by atoms with Crippen LogP contribution in [0.1, 0.15) is 10.4 Å². The summed E-state index contributed by atoms with van der Waals surface area (Å²) in [6.07, 6.45) is 2.21. The van der Waals surface area contributed by atoms with Gasteiger partial charge in [-0.3, -0.25) is 9.59 Å². The summed E-state index contributed by atoms with van der Waals surface area (Å²) in [4.78, 5) is 34.8. The third-order valence-corrected chi connectivity index (χ3v) is 2.73. The van der Waals surface area contributed by atoms with Gasteiger partial charge in [-0.05, 0) is 18.2 Å². The highest BCUT2D eigenvalue weighted by Gasteiger charge is 2.28. The normalized spacial score (nSPS) is 14.5. The Labute approximate surface area is 104 Å². The van der Waals surface area contributed by atoms with Gasteiger partial charge < -0.3 is 5.11 Å². The van der Waals surface area contributed by atoms with Gasteiger partial charge >= 0.3 is 5.97 Å². The van der Waals surface area contributed by atoms with Crippen LogP contribution in [0, 0.1) is 0 Å². The smallest absolute Gasteiger partial charge is 0.337 e. The molecule has 0 atom stereocenters. The van der Waals surface area contributed by atoms with Crippen LogP contribution in [0.2, 0.25) is 0 Å². The number of hydrogen-bond donors (Lipinski definition) is 1. The quantitative estimate of drug-likeness (QED) is 0.841. The molecule has 0 spiro atoms. The highest BCUT2D eigenvalue weighted by atomic mass is 79.9. The zero-order valence-electron chi connectivity index (χ0n) is 8.38. The van der Waals surface area contributed by atoms with Crippen LogP contribution in [-0.4, -0.2) is 22.9 Å². The number of rotatable bonds is 2. The summed E-state index contributed by atoms with van der Waals surface area (Å²) < 4.78 is 0.588. The second-order valence-electron chi connectivity index (χ2n) is 3.31. The second-order valence-corrected chi connectivity index (χ2v) is 4.23. The molecule has 0 bridgehead atoms. The van der Waals surface area contributed by atoms with E-state index in [9.17, 15) is 14.4 Å². The van der Waals surface area contributed by atoms with Crippen LogP contribution in [0.3, 0.4) is 0 Å². The molecule has 6 heteroatoms. The summed E-state index contributed by atoms with van der Waals surface area (Å²) in [5, 5.41) is 9.00. The van der Waals surface area contributed by atoms with Gasteiger partial charge in [0.25, 0.3) is 11.8 Å². The lowest BCUT2D eigenvalue weighted by Gasteiger charge is -2.16. The maximum Gasteiger partial charge on any atom is 0.337 e. The first-order valence-electron chi connectivity index (χ1n) is 4.59. The number of aromatic carboxylic acids is 1. The lowest BCUT2D eigenvalue weighted by atomic mass is 10.1. The van der Waals surface area contributed by atoms with Crippen molar-refractivity contribution in [2.75, 3.05) is 4.90 Å². The summed E-state index contributed by atoms with van der Waals surface area (Å²) >= 11 is 3.17.